The molecule has 4 aliphatic rings. The van der Waals surface area contributed by atoms with Gasteiger partial charge in [-0.3, -0.25) is 0 Å². The van der Waals surface area contributed by atoms with Gasteiger partial charge in [-0.15, -0.1) is 22.7 Å². The van der Waals surface area contributed by atoms with Gasteiger partial charge in [0.2, 0.25) is 0 Å². The van der Waals surface area contributed by atoms with E-state index in [4.69, 9.17) is 4.74 Å². The Balaban J connectivity index is 0.838. The Morgan fingerprint density at radius 2 is 0.745 bits per heavy atom. The molecule has 106 heavy (non-hydrogen) atoms. The van der Waals surface area contributed by atoms with Crippen LogP contribution in [0.5, 0.6) is 11.5 Å². The normalized spacial score (nSPS) is 12.9. The molecule has 18 aromatic rings. The Kier molecular flexibility index (Phi) is 13.8. The number of fused-ring (bicyclic) bond motifs is 14. The van der Waals surface area contributed by atoms with Crippen molar-refractivity contribution in [2.75, 3.05) is 24.5 Å². The van der Waals surface area contributed by atoms with Crippen LogP contribution in [0.15, 0.2) is 370 Å². The predicted molar refractivity (Wildman–Crippen MR) is 452 cm³/mol. The zero-order valence-electron chi connectivity index (χ0n) is 57.3. The van der Waals surface area contributed by atoms with Crippen LogP contribution < -0.4 is 62.0 Å². The van der Waals surface area contributed by atoms with E-state index in [-0.39, 0.29) is 13.4 Å². The van der Waals surface area contributed by atoms with Gasteiger partial charge in [0.15, 0.2) is 0 Å². The highest BCUT2D eigenvalue weighted by Crippen LogP contribution is 2.55. The van der Waals surface area contributed by atoms with Crippen molar-refractivity contribution in [1.82, 2.24) is 0 Å². The Bertz CT molecular complexity index is 6460. The van der Waals surface area contributed by atoms with Crippen LogP contribution >= 0.6 is 22.7 Å². The van der Waals surface area contributed by atoms with Crippen molar-refractivity contribution in [2.45, 2.75) is 0 Å². The maximum Gasteiger partial charge on any atom is 0.256 e. The molecule has 2 aromatic heterocycles. The number of para-hydroxylation sites is 7. The number of anilines is 15. The first-order valence-electron chi connectivity index (χ1n) is 36.3. The number of benzene rings is 16. The monoisotopic (exact) mass is 1390 g/mol. The molecule has 10 heteroatoms. The smallest absolute Gasteiger partial charge is 0.256 e. The minimum Gasteiger partial charge on any atom is -0.458 e. The third-order valence-corrected chi connectivity index (χ3v) is 24.3. The van der Waals surface area contributed by atoms with Gasteiger partial charge in [-0.05, 0) is 153 Å². The van der Waals surface area contributed by atoms with Crippen molar-refractivity contribution in [3.63, 3.8) is 0 Å². The quantitative estimate of drug-likeness (QED) is 0.120. The summed E-state index contributed by atoms with van der Waals surface area (Å²) < 4.78 is 13.1. The van der Waals surface area contributed by atoms with Crippen LogP contribution in [0, 0.1) is 0 Å². The summed E-state index contributed by atoms with van der Waals surface area (Å²) >= 11 is 3.71. The van der Waals surface area contributed by atoms with Gasteiger partial charge in [0.1, 0.15) is 11.5 Å². The first-order chi connectivity index (χ1) is 52.6. The van der Waals surface area contributed by atoms with Crippen LogP contribution in [0.25, 0.3) is 62.6 Å². The summed E-state index contributed by atoms with van der Waals surface area (Å²) in [5, 5.41) is 4.97. The summed E-state index contributed by atoms with van der Waals surface area (Å²) in [6.07, 6.45) is 0. The number of thiophene rings is 2. The summed E-state index contributed by atoms with van der Waals surface area (Å²) in [4.78, 5) is 12.6. The highest BCUT2D eigenvalue weighted by molar-refractivity contribution is 7.26. The maximum atomic E-state index is 8.09. The summed E-state index contributed by atoms with van der Waals surface area (Å²) in [6, 6.07) is 137. The van der Waals surface area contributed by atoms with Crippen molar-refractivity contribution in [2.24, 2.45) is 0 Å². The number of hydrogen-bond donors (Lipinski definition) is 0. The van der Waals surface area contributed by atoms with E-state index in [0.29, 0.717) is 0 Å². The number of nitrogens with zero attached hydrogens (tertiary/aromatic N) is 5. The van der Waals surface area contributed by atoms with Gasteiger partial charge in [0, 0.05) is 116 Å². The second kappa shape index (κ2) is 24.3. The van der Waals surface area contributed by atoms with Crippen LogP contribution in [-0.2, 0) is 0 Å². The molecule has 0 unspecified atom stereocenters. The van der Waals surface area contributed by atoms with Gasteiger partial charge in [-0.1, -0.05) is 249 Å². The molecule has 0 amide bonds. The Morgan fingerprint density at radius 1 is 0.274 bits per heavy atom. The van der Waals surface area contributed by atoms with Crippen LogP contribution in [0.4, 0.5) is 85.3 Å². The fourth-order valence-electron chi connectivity index (χ4n) is 17.7. The fraction of sp³-hybridized carbons (Fsp3) is 0. The molecule has 6 heterocycles. The molecule has 0 aliphatic carbocycles. The number of ether oxygens (including phenoxy) is 1. The predicted octanol–water partition coefficient (Wildman–Crippen LogP) is 23.2. The van der Waals surface area contributed by atoms with Crippen molar-refractivity contribution in [1.29, 1.82) is 0 Å². The van der Waals surface area contributed by atoms with Crippen molar-refractivity contribution in [3.8, 4) is 33.8 Å². The molecule has 0 N–H and O–H groups in total. The molecular weight excluding hydrogens is 1320 g/mol. The lowest BCUT2D eigenvalue weighted by Gasteiger charge is -2.46. The molecule has 0 saturated carbocycles. The second-order valence-corrected chi connectivity index (χ2v) is 29.9. The molecule has 0 radical (unpaired) electrons. The molecule has 0 spiro atoms. The topological polar surface area (TPSA) is 25.4 Å². The van der Waals surface area contributed by atoms with E-state index < -0.39 is 0 Å². The summed E-state index contributed by atoms with van der Waals surface area (Å²) in [5.41, 5.74) is 27.7. The van der Waals surface area contributed by atoms with Crippen molar-refractivity contribution in [3.05, 3.63) is 370 Å². The van der Waals surface area contributed by atoms with Crippen LogP contribution in [0.3, 0.4) is 0 Å². The van der Waals surface area contributed by atoms with Gasteiger partial charge >= 0.3 is 0 Å². The molecule has 494 valence electrons. The molecule has 6 nitrogen and oxygen atoms in total. The fourth-order valence-corrected chi connectivity index (χ4v) is 20.0. The average molecular weight is 1390 g/mol. The standard InChI is InChI=1S/C96H61B2N5OS2/c1-7-30-62(31-8-1)70-44-27-45-71(63-32-9-2-10-33-63)95(70)103-80-50-24-22-48-76(80)98-78-60-77-83(61-87(78)104-88-59-69(58-86(103)94(88)98)100(66-38-15-5-16-39-66)82-52-28-46-73-72-42-19-25-53-89(72)106-96(73)82)101(67-40-17-6-18-41-67)84-56-68(99(64-34-11-3-12-35-64)65-36-13-4-14-37-65)57-85-93(84)97(77)75-47-21-23-49-79(75)102(85)81-51-29-55-91-92(81)74-43-20-26-54-90(74)105-91/h1-61H. The van der Waals surface area contributed by atoms with E-state index in [0.717, 1.165) is 130 Å². The van der Waals surface area contributed by atoms with Crippen LogP contribution in [-0.4, -0.2) is 13.4 Å². The number of hydrogen-bond acceptors (Lipinski definition) is 8. The van der Waals surface area contributed by atoms with Crippen molar-refractivity contribution >= 4 is 195 Å². The van der Waals surface area contributed by atoms with Crippen molar-refractivity contribution < 1.29 is 4.74 Å². The lowest BCUT2D eigenvalue weighted by Crippen LogP contribution is -2.64. The number of rotatable bonds is 11. The summed E-state index contributed by atoms with van der Waals surface area (Å²) in [5.74, 6) is 1.61. The lowest BCUT2D eigenvalue weighted by molar-refractivity contribution is 0.488. The summed E-state index contributed by atoms with van der Waals surface area (Å²) in [6.45, 7) is -0.507. The SMILES string of the molecule is c1ccc(-c2cccc(-c3ccccc3)c2N2c3ccccc3B3c4cc5c(cc4Oc4cc(N(c6ccccc6)c6cccc7c6sc6ccccc67)cc2c43)N(c2ccccc2)c2cc(N(c3ccccc3)c3ccccc3)cc3c2B5c2ccccc2N3c2cccc3sc4ccccc4c23)cc1. The Morgan fingerprint density at radius 3 is 1.40 bits per heavy atom. The molecule has 0 atom stereocenters. The highest BCUT2D eigenvalue weighted by atomic mass is 32.1. The minimum atomic E-state index is -0.278. The zero-order valence-corrected chi connectivity index (χ0v) is 59.0. The Hall–Kier alpha value is -13.1. The third-order valence-electron chi connectivity index (χ3n) is 22.0. The van der Waals surface area contributed by atoms with Gasteiger partial charge in [0.05, 0.1) is 33.1 Å². The molecule has 0 saturated heterocycles. The van der Waals surface area contributed by atoms with E-state index in [1.807, 2.05) is 22.7 Å². The van der Waals surface area contributed by atoms with Gasteiger partial charge in [0.25, 0.3) is 13.4 Å². The maximum absolute atomic E-state index is 8.09. The highest BCUT2D eigenvalue weighted by Gasteiger charge is 2.49. The van der Waals surface area contributed by atoms with Gasteiger partial charge < -0.3 is 29.2 Å². The van der Waals surface area contributed by atoms with Crippen LogP contribution in [0.1, 0.15) is 0 Å². The Labute approximate surface area is 623 Å². The molecule has 16 aromatic carbocycles. The second-order valence-electron chi connectivity index (χ2n) is 27.8. The first-order valence-corrected chi connectivity index (χ1v) is 37.9. The molecule has 0 fully saturated rings. The molecular formula is C96H61B2N5OS2. The van der Waals surface area contributed by atoms with E-state index in [9.17, 15) is 0 Å². The van der Waals surface area contributed by atoms with E-state index >= 15 is 0 Å². The van der Waals surface area contributed by atoms with Crippen LogP contribution in [0.2, 0.25) is 0 Å². The van der Waals surface area contributed by atoms with Gasteiger partial charge in [-0.25, -0.2) is 0 Å². The first kappa shape index (κ1) is 60.5. The largest absolute Gasteiger partial charge is 0.458 e. The molecule has 0 bridgehead atoms. The lowest BCUT2D eigenvalue weighted by atomic mass is 9.30. The zero-order chi connectivity index (χ0) is 69.5. The minimum absolute atomic E-state index is 0.229. The molecule has 22 rings (SSSR count). The van der Waals surface area contributed by atoms with E-state index in [1.165, 1.54) is 62.2 Å². The summed E-state index contributed by atoms with van der Waals surface area (Å²) in [7, 11) is 0. The third kappa shape index (κ3) is 9.31. The molecule has 4 aliphatic heterocycles. The average Bonchev–Trinajstić information content (AvgIpc) is 0.705. The van der Waals surface area contributed by atoms with E-state index in [2.05, 4.69) is 395 Å². The van der Waals surface area contributed by atoms with Gasteiger partial charge in [-0.2, -0.15) is 0 Å². The van der Waals surface area contributed by atoms with E-state index in [1.54, 1.807) is 0 Å².